The molecule has 0 aliphatic carbocycles. The Morgan fingerprint density at radius 3 is 2.07 bits per heavy atom. The molecule has 156 valence electrons. The minimum absolute atomic E-state index is 0.238. The molecule has 0 aliphatic rings. The summed E-state index contributed by atoms with van der Waals surface area (Å²) in [4.78, 5) is 9.07. The van der Waals surface area contributed by atoms with Gasteiger partial charge in [0.1, 0.15) is 5.82 Å². The number of aryl methyl sites for hydroxylation is 2. The Bertz CT molecular complexity index is 1140. The third-order valence-corrected chi connectivity index (χ3v) is 4.74. The van der Waals surface area contributed by atoms with Crippen LogP contribution in [0.15, 0.2) is 49.1 Å². The average molecular weight is 408 g/mol. The summed E-state index contributed by atoms with van der Waals surface area (Å²) >= 11 is 0. The van der Waals surface area contributed by atoms with Crippen molar-refractivity contribution in [3.63, 3.8) is 0 Å². The van der Waals surface area contributed by atoms with E-state index in [1.54, 1.807) is 48.2 Å². The zero-order chi connectivity index (χ0) is 21.1. The van der Waals surface area contributed by atoms with Crippen molar-refractivity contribution >= 4 is 22.7 Å². The van der Waals surface area contributed by atoms with E-state index in [2.05, 4.69) is 30.8 Å². The van der Waals surface area contributed by atoms with Gasteiger partial charge in [-0.15, -0.1) is 0 Å². The number of hydrogen-bond acceptors (Lipinski definition) is 8. The number of hydrogen-bond donors (Lipinski definition) is 4. The summed E-state index contributed by atoms with van der Waals surface area (Å²) in [6.45, 7) is 0.506. The van der Waals surface area contributed by atoms with Crippen LogP contribution >= 0.6 is 0 Å². The lowest BCUT2D eigenvalue weighted by atomic mass is 10.2. The zero-order valence-electron chi connectivity index (χ0n) is 16.8. The van der Waals surface area contributed by atoms with E-state index in [0.29, 0.717) is 17.3 Å². The van der Waals surface area contributed by atoms with Crippen LogP contribution in [-0.4, -0.2) is 52.8 Å². The number of aliphatic hydroxyl groups is 2. The summed E-state index contributed by atoms with van der Waals surface area (Å²) in [5, 5.41) is 36.1. The minimum Gasteiger partial charge on any atom is -0.386 e. The van der Waals surface area contributed by atoms with Crippen molar-refractivity contribution in [2.45, 2.75) is 12.2 Å². The summed E-state index contributed by atoms with van der Waals surface area (Å²) in [6, 6.07) is 7.62. The Morgan fingerprint density at radius 2 is 1.47 bits per heavy atom. The molecule has 10 heteroatoms. The fourth-order valence-corrected chi connectivity index (χ4v) is 3.13. The smallest absolute Gasteiger partial charge is 0.225 e. The third kappa shape index (κ3) is 4.39. The first kappa shape index (κ1) is 19.8. The van der Waals surface area contributed by atoms with Gasteiger partial charge < -0.3 is 20.8 Å². The number of fused-ring (bicyclic) bond motifs is 1. The van der Waals surface area contributed by atoms with Crippen LogP contribution in [0.1, 0.15) is 23.3 Å². The monoisotopic (exact) mass is 408 g/mol. The van der Waals surface area contributed by atoms with Gasteiger partial charge in [-0.25, -0.2) is 4.98 Å². The Kier molecular flexibility index (Phi) is 5.59. The van der Waals surface area contributed by atoms with Crippen molar-refractivity contribution in [3.05, 3.63) is 60.2 Å². The van der Waals surface area contributed by atoms with Crippen LogP contribution in [0.2, 0.25) is 0 Å². The quantitative estimate of drug-likeness (QED) is 0.345. The van der Waals surface area contributed by atoms with Crippen LogP contribution in [0.25, 0.3) is 10.9 Å². The second kappa shape index (κ2) is 8.47. The number of rotatable bonds is 8. The van der Waals surface area contributed by atoms with Crippen LogP contribution in [0.3, 0.4) is 0 Å². The van der Waals surface area contributed by atoms with Gasteiger partial charge in [0, 0.05) is 56.1 Å². The van der Waals surface area contributed by atoms with Gasteiger partial charge in [0.15, 0.2) is 0 Å². The second-order valence-electron chi connectivity index (χ2n) is 7.10. The molecule has 2 atom stereocenters. The minimum atomic E-state index is -0.738. The molecule has 0 fully saturated rings. The second-order valence-corrected chi connectivity index (χ2v) is 7.10. The predicted molar refractivity (Wildman–Crippen MR) is 113 cm³/mol. The summed E-state index contributed by atoms with van der Waals surface area (Å²) in [6.07, 6.45) is 5.34. The van der Waals surface area contributed by atoms with Crippen molar-refractivity contribution in [2.24, 2.45) is 14.1 Å². The SMILES string of the molecule is Cn1cc(C(O)CNc2nc(NCC(O)c3cnn(C)c3)c3ccccc3n2)cn1. The van der Waals surface area contributed by atoms with Gasteiger partial charge in [0.2, 0.25) is 5.95 Å². The highest BCUT2D eigenvalue weighted by Crippen LogP contribution is 2.23. The number of aliphatic hydroxyl groups excluding tert-OH is 2. The summed E-state index contributed by atoms with van der Waals surface area (Å²) in [5.74, 6) is 0.983. The summed E-state index contributed by atoms with van der Waals surface area (Å²) < 4.78 is 3.29. The van der Waals surface area contributed by atoms with Gasteiger partial charge in [0.25, 0.3) is 0 Å². The number of nitrogens with zero attached hydrogens (tertiary/aromatic N) is 6. The van der Waals surface area contributed by atoms with E-state index in [4.69, 9.17) is 0 Å². The van der Waals surface area contributed by atoms with Crippen LogP contribution in [0, 0.1) is 0 Å². The molecule has 4 rings (SSSR count). The zero-order valence-corrected chi connectivity index (χ0v) is 16.8. The maximum absolute atomic E-state index is 10.4. The van der Waals surface area contributed by atoms with Crippen LogP contribution in [-0.2, 0) is 14.1 Å². The van der Waals surface area contributed by atoms with E-state index in [-0.39, 0.29) is 13.1 Å². The molecule has 0 amide bonds. The maximum Gasteiger partial charge on any atom is 0.225 e. The Labute approximate surface area is 173 Å². The van der Waals surface area contributed by atoms with Gasteiger partial charge in [-0.1, -0.05) is 12.1 Å². The van der Waals surface area contributed by atoms with Crippen molar-refractivity contribution in [1.29, 1.82) is 0 Å². The molecule has 10 nitrogen and oxygen atoms in total. The topological polar surface area (TPSA) is 126 Å². The lowest BCUT2D eigenvalue weighted by molar-refractivity contribution is 0.191. The molecule has 30 heavy (non-hydrogen) atoms. The van der Waals surface area contributed by atoms with Crippen molar-refractivity contribution in [1.82, 2.24) is 29.5 Å². The maximum atomic E-state index is 10.4. The van der Waals surface area contributed by atoms with Gasteiger partial charge >= 0.3 is 0 Å². The number of benzene rings is 1. The number of nitrogens with one attached hydrogen (secondary N) is 2. The molecular weight excluding hydrogens is 384 g/mol. The van der Waals surface area contributed by atoms with Crippen molar-refractivity contribution in [3.8, 4) is 0 Å². The van der Waals surface area contributed by atoms with Gasteiger partial charge in [-0.05, 0) is 12.1 Å². The van der Waals surface area contributed by atoms with E-state index >= 15 is 0 Å². The molecule has 0 saturated heterocycles. The molecule has 3 heterocycles. The fourth-order valence-electron chi connectivity index (χ4n) is 3.13. The third-order valence-electron chi connectivity index (χ3n) is 4.74. The summed E-state index contributed by atoms with van der Waals surface area (Å²) in [5.41, 5.74) is 2.19. The van der Waals surface area contributed by atoms with E-state index in [0.717, 1.165) is 16.5 Å². The molecule has 0 bridgehead atoms. The molecule has 4 N–H and O–H groups in total. The standard InChI is InChI=1S/C20H24N8O2/c1-27-11-13(7-23-27)17(29)9-21-19-15-5-3-4-6-16(15)25-20(26-19)22-10-18(30)14-8-24-28(2)12-14/h3-8,11-12,17-18,29-30H,9-10H2,1-2H3,(H2,21,22,25,26). The fraction of sp³-hybridized carbons (Fsp3) is 0.300. The highest BCUT2D eigenvalue weighted by atomic mass is 16.3. The molecule has 1 aromatic carbocycles. The van der Waals surface area contributed by atoms with E-state index < -0.39 is 12.2 Å². The van der Waals surface area contributed by atoms with Crippen molar-refractivity contribution < 1.29 is 10.2 Å². The number of anilines is 2. The van der Waals surface area contributed by atoms with Gasteiger partial charge in [-0.2, -0.15) is 15.2 Å². The normalized spacial score (nSPS) is 13.3. The van der Waals surface area contributed by atoms with Crippen LogP contribution in [0.5, 0.6) is 0 Å². The lowest BCUT2D eigenvalue weighted by Gasteiger charge is -2.15. The highest BCUT2D eigenvalue weighted by Gasteiger charge is 2.14. The lowest BCUT2D eigenvalue weighted by Crippen LogP contribution is -2.16. The average Bonchev–Trinajstić information content (AvgIpc) is 3.38. The highest BCUT2D eigenvalue weighted by molar-refractivity contribution is 5.90. The molecule has 2 unspecified atom stereocenters. The number of para-hydroxylation sites is 1. The molecule has 0 radical (unpaired) electrons. The summed E-state index contributed by atoms with van der Waals surface area (Å²) in [7, 11) is 3.60. The Balaban J connectivity index is 1.50. The van der Waals surface area contributed by atoms with E-state index in [9.17, 15) is 10.2 Å². The van der Waals surface area contributed by atoms with Crippen LogP contribution in [0.4, 0.5) is 11.8 Å². The first-order valence-electron chi connectivity index (χ1n) is 9.57. The van der Waals surface area contributed by atoms with Crippen LogP contribution < -0.4 is 10.6 Å². The first-order valence-corrected chi connectivity index (χ1v) is 9.57. The molecule has 3 aromatic heterocycles. The Morgan fingerprint density at radius 1 is 0.867 bits per heavy atom. The van der Waals surface area contributed by atoms with E-state index in [1.807, 2.05) is 24.3 Å². The molecule has 4 aromatic rings. The van der Waals surface area contributed by atoms with E-state index in [1.165, 1.54) is 0 Å². The molecular formula is C20H24N8O2. The molecule has 0 spiro atoms. The number of aromatic nitrogens is 6. The van der Waals surface area contributed by atoms with Gasteiger partial charge in [0.05, 0.1) is 30.1 Å². The predicted octanol–water partition coefficient (Wildman–Crippen LogP) is 1.39. The van der Waals surface area contributed by atoms with Gasteiger partial charge in [-0.3, -0.25) is 9.36 Å². The largest absolute Gasteiger partial charge is 0.386 e. The Hall–Kier alpha value is -3.50. The molecule has 0 aliphatic heterocycles. The first-order chi connectivity index (χ1) is 14.5. The van der Waals surface area contributed by atoms with Crippen molar-refractivity contribution in [2.75, 3.05) is 23.7 Å². The molecule has 0 saturated carbocycles.